The zero-order chi connectivity index (χ0) is 25.2. The van der Waals surface area contributed by atoms with Crippen LogP contribution in [-0.2, 0) is 9.59 Å². The zero-order valence-electron chi connectivity index (χ0n) is 20.7. The fourth-order valence-electron chi connectivity index (χ4n) is 3.66. The minimum absolute atomic E-state index is 0.0404. The number of aliphatic hydroxyl groups is 5. The Morgan fingerprint density at radius 1 is 0.758 bits per heavy atom. The quantitative estimate of drug-likeness (QED) is 0.128. The molecule has 0 aliphatic rings. The predicted octanol–water partition coefficient (Wildman–Crippen LogP) is 0.848. The molecule has 2 unspecified atom stereocenters. The highest BCUT2D eigenvalue weighted by Crippen LogP contribution is 2.20. The maximum Gasteiger partial charge on any atom is 0.251 e. The molecule has 0 aromatic heterocycles. The third-order valence-electron chi connectivity index (χ3n) is 6.08. The van der Waals surface area contributed by atoms with E-state index < -0.39 is 36.9 Å². The van der Waals surface area contributed by atoms with Crippen LogP contribution in [0.2, 0.25) is 0 Å². The molecule has 6 atom stereocenters. The molecule has 0 fully saturated rings. The Balaban J connectivity index is 3.89. The topological polar surface area (TPSA) is 159 Å². The van der Waals surface area contributed by atoms with E-state index >= 15 is 0 Å². The number of aliphatic hydroxyl groups excluding tert-OH is 5. The summed E-state index contributed by atoms with van der Waals surface area (Å²) in [5.74, 6) is 0.173. The summed E-state index contributed by atoms with van der Waals surface area (Å²) >= 11 is 0. The Hall–Kier alpha value is -1.26. The third kappa shape index (κ3) is 15.3. The first kappa shape index (κ1) is 31.7. The number of rotatable bonds is 20. The van der Waals surface area contributed by atoms with Crippen molar-refractivity contribution in [3.8, 4) is 0 Å². The standard InChI is InChI=1S/C24H48N2O7/c1-4-5-6-7-9-17(2)10-8-11-18(3)12-13-20(29)25-14-15-26-24(33)23(32)22(31)21(30)19(28)16-27/h17-19,21-23,27-28,30-32H,4-16H2,1-3H3,(H,25,29)(H,26,33)/t17?,18?,19-,21-,22+,23-/m1/s1. The van der Waals surface area contributed by atoms with Crippen LogP contribution in [0.1, 0.15) is 85.0 Å². The first-order valence-corrected chi connectivity index (χ1v) is 12.5. The summed E-state index contributed by atoms with van der Waals surface area (Å²) in [6.07, 6.45) is 3.81. The van der Waals surface area contributed by atoms with E-state index in [4.69, 9.17) is 5.11 Å². The summed E-state index contributed by atoms with van der Waals surface area (Å²) < 4.78 is 0. The molecule has 0 aliphatic carbocycles. The van der Waals surface area contributed by atoms with Crippen molar-refractivity contribution < 1.29 is 35.1 Å². The number of carbonyl (C=O) groups excluding carboxylic acids is 2. The molecule has 0 heterocycles. The number of nitrogens with one attached hydrogen (secondary N) is 2. The molecule has 7 N–H and O–H groups in total. The summed E-state index contributed by atoms with van der Waals surface area (Å²) in [6, 6.07) is 0. The van der Waals surface area contributed by atoms with Crippen molar-refractivity contribution in [1.29, 1.82) is 0 Å². The van der Waals surface area contributed by atoms with Gasteiger partial charge >= 0.3 is 0 Å². The normalized spacial score (nSPS) is 17.0. The third-order valence-corrected chi connectivity index (χ3v) is 6.08. The molecule has 0 radical (unpaired) electrons. The van der Waals surface area contributed by atoms with Crippen LogP contribution < -0.4 is 10.6 Å². The molecule has 9 nitrogen and oxygen atoms in total. The molecule has 0 spiro atoms. The van der Waals surface area contributed by atoms with E-state index in [2.05, 4.69) is 31.4 Å². The fourth-order valence-corrected chi connectivity index (χ4v) is 3.66. The molecule has 0 saturated carbocycles. The summed E-state index contributed by atoms with van der Waals surface area (Å²) in [4.78, 5) is 23.8. The van der Waals surface area contributed by atoms with Gasteiger partial charge in [-0.1, -0.05) is 72.1 Å². The monoisotopic (exact) mass is 476 g/mol. The molecule has 0 aromatic rings. The minimum atomic E-state index is -1.98. The Morgan fingerprint density at radius 3 is 1.94 bits per heavy atom. The van der Waals surface area contributed by atoms with Crippen LogP contribution in [0.3, 0.4) is 0 Å². The average Bonchev–Trinajstić information content (AvgIpc) is 2.80. The Bertz CT molecular complexity index is 521. The lowest BCUT2D eigenvalue weighted by atomic mass is 9.93. The summed E-state index contributed by atoms with van der Waals surface area (Å²) in [6.45, 7) is 6.09. The van der Waals surface area contributed by atoms with Crippen molar-refractivity contribution in [3.05, 3.63) is 0 Å². The van der Waals surface area contributed by atoms with Crippen molar-refractivity contribution in [2.45, 2.75) is 109 Å². The molecule has 0 rings (SSSR count). The second-order valence-electron chi connectivity index (χ2n) is 9.35. The number of amides is 2. The summed E-state index contributed by atoms with van der Waals surface area (Å²) in [7, 11) is 0. The summed E-state index contributed by atoms with van der Waals surface area (Å²) in [5, 5.41) is 52.0. The highest BCUT2D eigenvalue weighted by Gasteiger charge is 2.33. The Labute approximate surface area is 199 Å². The lowest BCUT2D eigenvalue weighted by molar-refractivity contribution is -0.148. The van der Waals surface area contributed by atoms with E-state index in [9.17, 15) is 30.0 Å². The average molecular weight is 477 g/mol. The summed E-state index contributed by atoms with van der Waals surface area (Å²) in [5.41, 5.74) is 0. The van der Waals surface area contributed by atoms with Crippen LogP contribution >= 0.6 is 0 Å². The van der Waals surface area contributed by atoms with Crippen molar-refractivity contribution in [1.82, 2.24) is 10.6 Å². The molecule has 0 saturated heterocycles. The minimum Gasteiger partial charge on any atom is -0.394 e. The van der Waals surface area contributed by atoms with Gasteiger partial charge in [0.25, 0.3) is 5.91 Å². The zero-order valence-corrected chi connectivity index (χ0v) is 20.7. The van der Waals surface area contributed by atoms with Gasteiger partial charge in [-0.25, -0.2) is 0 Å². The van der Waals surface area contributed by atoms with Crippen molar-refractivity contribution in [2.75, 3.05) is 19.7 Å². The number of hydrogen-bond donors (Lipinski definition) is 7. The van der Waals surface area contributed by atoms with Gasteiger partial charge in [-0.05, 0) is 18.3 Å². The maximum absolute atomic E-state index is 12.0. The number of carbonyl (C=O) groups is 2. The predicted molar refractivity (Wildman–Crippen MR) is 127 cm³/mol. The lowest BCUT2D eigenvalue weighted by Gasteiger charge is -2.24. The van der Waals surface area contributed by atoms with E-state index in [1.807, 2.05) is 0 Å². The van der Waals surface area contributed by atoms with Crippen molar-refractivity contribution in [3.63, 3.8) is 0 Å². The number of unbranched alkanes of at least 4 members (excludes halogenated alkanes) is 3. The highest BCUT2D eigenvalue weighted by molar-refractivity contribution is 5.81. The molecule has 0 aliphatic heterocycles. The van der Waals surface area contributed by atoms with E-state index in [1.165, 1.54) is 44.9 Å². The fraction of sp³-hybridized carbons (Fsp3) is 0.917. The van der Waals surface area contributed by atoms with Crippen LogP contribution in [0.4, 0.5) is 0 Å². The van der Waals surface area contributed by atoms with Gasteiger partial charge in [0.2, 0.25) is 5.91 Å². The largest absolute Gasteiger partial charge is 0.394 e. The molecular weight excluding hydrogens is 428 g/mol. The first-order chi connectivity index (χ1) is 15.6. The van der Waals surface area contributed by atoms with Gasteiger partial charge < -0.3 is 36.2 Å². The highest BCUT2D eigenvalue weighted by atomic mass is 16.4. The SMILES string of the molecule is CCCCCCC(C)CCCC(C)CCC(=O)NCCNC(=O)[C@H](O)[C@@H](O)[C@H](O)[C@H](O)CO. The Kier molecular flexibility index (Phi) is 18.4. The van der Waals surface area contributed by atoms with Gasteiger partial charge in [-0.15, -0.1) is 0 Å². The van der Waals surface area contributed by atoms with Gasteiger partial charge in [0, 0.05) is 19.5 Å². The van der Waals surface area contributed by atoms with Gasteiger partial charge in [-0.2, -0.15) is 0 Å². The maximum atomic E-state index is 12.0. The molecule has 0 bridgehead atoms. The smallest absolute Gasteiger partial charge is 0.251 e. The molecular formula is C24H48N2O7. The van der Waals surface area contributed by atoms with E-state index in [0.717, 1.165) is 18.8 Å². The first-order valence-electron chi connectivity index (χ1n) is 12.5. The van der Waals surface area contributed by atoms with E-state index in [-0.39, 0.29) is 19.0 Å². The van der Waals surface area contributed by atoms with Gasteiger partial charge in [0.1, 0.15) is 18.3 Å². The van der Waals surface area contributed by atoms with Crippen LogP contribution in [0.5, 0.6) is 0 Å². The van der Waals surface area contributed by atoms with Crippen LogP contribution in [0.15, 0.2) is 0 Å². The molecule has 0 aromatic carbocycles. The van der Waals surface area contributed by atoms with Gasteiger partial charge in [0.15, 0.2) is 6.10 Å². The lowest BCUT2D eigenvalue weighted by Crippen LogP contribution is -2.52. The number of hydrogen-bond acceptors (Lipinski definition) is 7. The van der Waals surface area contributed by atoms with Gasteiger partial charge in [0.05, 0.1) is 6.61 Å². The molecule has 9 heteroatoms. The second kappa shape index (κ2) is 19.1. The van der Waals surface area contributed by atoms with Crippen LogP contribution in [0, 0.1) is 11.8 Å². The second-order valence-corrected chi connectivity index (χ2v) is 9.35. The van der Waals surface area contributed by atoms with Gasteiger partial charge in [-0.3, -0.25) is 9.59 Å². The van der Waals surface area contributed by atoms with Crippen molar-refractivity contribution in [2.24, 2.45) is 11.8 Å². The molecule has 196 valence electrons. The van der Waals surface area contributed by atoms with Crippen LogP contribution in [0.25, 0.3) is 0 Å². The molecule has 33 heavy (non-hydrogen) atoms. The molecule has 2 amide bonds. The van der Waals surface area contributed by atoms with Crippen molar-refractivity contribution >= 4 is 11.8 Å². The van der Waals surface area contributed by atoms with E-state index in [0.29, 0.717) is 12.3 Å². The van der Waals surface area contributed by atoms with Crippen LogP contribution in [-0.4, -0.2) is 81.5 Å². The van der Waals surface area contributed by atoms with E-state index in [1.54, 1.807) is 0 Å². The Morgan fingerprint density at radius 2 is 1.33 bits per heavy atom.